The lowest BCUT2D eigenvalue weighted by atomic mass is 9.95. The van der Waals surface area contributed by atoms with E-state index < -0.39 is 321 Å². The summed E-state index contributed by atoms with van der Waals surface area (Å²) in [7, 11) is 0. The molecular weight excluding hydrogens is 1690 g/mol. The molecule has 0 atom stereocenters. The first kappa shape index (κ1) is 81.0. The van der Waals surface area contributed by atoms with Crippen LogP contribution in [0.15, 0.2) is 211 Å². The fraction of sp³-hybridized carbons (Fsp3) is 0. The van der Waals surface area contributed by atoms with E-state index in [9.17, 15) is 0 Å². The van der Waals surface area contributed by atoms with Crippen LogP contribution in [0.3, 0.4) is 0 Å². The molecular formula is C84H27F30N6P. The average Bonchev–Trinajstić information content (AvgIpc) is 1.60. The Bertz CT molecular complexity index is 6880. The van der Waals surface area contributed by atoms with Gasteiger partial charge in [0, 0.05) is 49.4 Å². The van der Waals surface area contributed by atoms with Gasteiger partial charge >= 0.3 is 0 Å². The summed E-state index contributed by atoms with van der Waals surface area (Å²) in [6.07, 6.45) is 3.60. The van der Waals surface area contributed by atoms with Crippen LogP contribution >= 0.6 is 6.89 Å². The smallest absolute Gasteiger partial charge is 0.200 e. The highest BCUT2D eigenvalue weighted by Gasteiger charge is 2.45. The summed E-state index contributed by atoms with van der Waals surface area (Å²) in [5.41, 5.74) is -37.4. The van der Waals surface area contributed by atoms with Crippen LogP contribution < -0.4 is 26.6 Å². The van der Waals surface area contributed by atoms with Gasteiger partial charge in [-0.15, -0.1) is 0 Å². The Morgan fingerprint density at radius 3 is 0.669 bits per heavy atom. The first-order valence-corrected chi connectivity index (χ1v) is 35.7. The SMILES string of the molecule is Fc1c(F)c(F)c(C2=C3C=CC(=N3)C(c3c(F)c(F)c(F)c(F)c3F)=C3C=CC(=N3)C(c3c(F)c(F)c(F)c(F)c3F)=c3ccc([nH]3)=C(c3c(F)c(F)c(F)c(F)c3F)C3=NC(=C(c4c(F)c(F)c(F)c(F)c4F)C4=NC(=C(c5c(F)c(F)c(F)c(F)c5F)C5=NC2=CC5=P(c2ccccc2)(c2ccccc2)c2ccccc2)C=C4)C=C3)c(F)c1F. The number of aromatic nitrogens is 1. The third-order valence-corrected chi connectivity index (χ3v) is 23.9. The van der Waals surface area contributed by atoms with Crippen LogP contribution in [0.25, 0.3) is 33.4 Å². The van der Waals surface area contributed by atoms with Gasteiger partial charge in [0.1, 0.15) is 0 Å². The third-order valence-electron chi connectivity index (χ3n) is 19.6. The number of allylic oxidation sites excluding steroid dienone is 13. The molecule has 7 heterocycles. The summed E-state index contributed by atoms with van der Waals surface area (Å²) in [6.45, 7) is -4.62. The first-order chi connectivity index (χ1) is 57.6. The van der Waals surface area contributed by atoms with Gasteiger partial charge in [-0.3, -0.25) is 0 Å². The lowest BCUT2D eigenvalue weighted by molar-refractivity contribution is 0.376. The van der Waals surface area contributed by atoms with Crippen molar-refractivity contribution in [2.24, 2.45) is 25.0 Å². The minimum atomic E-state index is -4.62. The number of H-pyrrole nitrogens is 1. The summed E-state index contributed by atoms with van der Waals surface area (Å²) in [5, 5.41) is -3.50. The summed E-state index contributed by atoms with van der Waals surface area (Å²) < 4.78 is 492. The zero-order chi connectivity index (χ0) is 86.6. The Balaban J connectivity index is 1.20. The Labute approximate surface area is 654 Å². The normalized spacial score (nSPS) is 15.3. The van der Waals surface area contributed by atoms with Crippen molar-refractivity contribution in [2.45, 2.75) is 0 Å². The topological polar surface area (TPSA) is 77.6 Å². The van der Waals surface area contributed by atoms with Gasteiger partial charge in [0.15, 0.2) is 140 Å². The van der Waals surface area contributed by atoms with Crippen molar-refractivity contribution in [3.63, 3.8) is 0 Å². The van der Waals surface area contributed by atoms with Crippen molar-refractivity contribution in [1.82, 2.24) is 4.98 Å². The summed E-state index contributed by atoms with van der Waals surface area (Å²) in [4.78, 5) is 23.0. The van der Waals surface area contributed by atoms with Gasteiger partial charge in [-0.25, -0.2) is 157 Å². The third kappa shape index (κ3) is 12.2. The lowest BCUT2D eigenvalue weighted by Crippen LogP contribution is -2.32. The molecule has 0 radical (unpaired) electrons. The maximum atomic E-state index is 17.8. The fourth-order valence-electron chi connectivity index (χ4n) is 14.3. The van der Waals surface area contributed by atoms with Crippen LogP contribution in [-0.4, -0.2) is 38.8 Å². The number of halogens is 30. The minimum Gasteiger partial charge on any atom is -0.354 e. The van der Waals surface area contributed by atoms with Gasteiger partial charge in [0.25, 0.3) is 0 Å². The fourth-order valence-corrected chi connectivity index (χ4v) is 18.7. The van der Waals surface area contributed by atoms with E-state index in [2.05, 4.69) is 29.9 Å². The maximum absolute atomic E-state index is 17.8. The lowest BCUT2D eigenvalue weighted by Gasteiger charge is -2.32. The van der Waals surface area contributed by atoms with Crippen LogP contribution in [0, 0.1) is 175 Å². The highest BCUT2D eigenvalue weighted by Crippen LogP contribution is 2.53. The predicted molar refractivity (Wildman–Crippen MR) is 382 cm³/mol. The van der Waals surface area contributed by atoms with E-state index in [1.807, 2.05) is 0 Å². The summed E-state index contributed by atoms with van der Waals surface area (Å²) >= 11 is 0. The molecule has 16 rings (SSSR count). The number of benzene rings is 9. The number of rotatable bonds is 9. The maximum Gasteiger partial charge on any atom is 0.200 e. The Morgan fingerprint density at radius 1 is 0.198 bits per heavy atom. The molecule has 10 aromatic rings. The van der Waals surface area contributed by atoms with Crippen molar-refractivity contribution < 1.29 is 132 Å². The number of aliphatic imine (C=N–C) groups is 5. The van der Waals surface area contributed by atoms with Gasteiger partial charge in [-0.05, 0) is 89.6 Å². The van der Waals surface area contributed by atoms with Gasteiger partial charge in [-0.2, -0.15) is 0 Å². The molecule has 37 heteroatoms. The van der Waals surface area contributed by atoms with Crippen molar-refractivity contribution in [2.75, 3.05) is 0 Å². The van der Waals surface area contributed by atoms with Crippen molar-refractivity contribution in [1.29, 1.82) is 0 Å². The van der Waals surface area contributed by atoms with Crippen LogP contribution in [0.5, 0.6) is 0 Å². The van der Waals surface area contributed by atoms with E-state index in [-0.39, 0.29) is 15.9 Å². The number of nitrogens with zero attached hydrogens (tertiary/aromatic N) is 5. The van der Waals surface area contributed by atoms with Crippen molar-refractivity contribution in [3.05, 3.63) is 405 Å². The summed E-state index contributed by atoms with van der Waals surface area (Å²) in [6, 6.07) is 20.9. The van der Waals surface area contributed by atoms with Crippen LogP contribution in [0.2, 0.25) is 0 Å². The van der Waals surface area contributed by atoms with Crippen molar-refractivity contribution >= 4 is 90.1 Å². The van der Waals surface area contributed by atoms with Gasteiger partial charge < -0.3 is 4.98 Å². The van der Waals surface area contributed by atoms with E-state index in [4.69, 9.17) is 0 Å². The molecule has 6 aliphatic heterocycles. The Hall–Kier alpha value is -13.8. The van der Waals surface area contributed by atoms with E-state index in [1.54, 1.807) is 0 Å². The second-order valence-corrected chi connectivity index (χ2v) is 29.5. The van der Waals surface area contributed by atoms with Crippen LogP contribution in [0.1, 0.15) is 33.4 Å². The monoisotopic (exact) mass is 1720 g/mol. The van der Waals surface area contributed by atoms with Gasteiger partial charge in [-0.1, -0.05) is 91.0 Å². The zero-order valence-electron chi connectivity index (χ0n) is 58.5. The number of hydrogen-bond donors (Lipinski definition) is 1. The van der Waals surface area contributed by atoms with Crippen LogP contribution in [0.4, 0.5) is 132 Å². The molecule has 0 aliphatic carbocycles. The number of fused-ring (bicyclic) bond motifs is 7. The molecule has 0 unspecified atom stereocenters. The van der Waals surface area contributed by atoms with E-state index >= 15 is 132 Å². The Morgan fingerprint density at radius 2 is 0.405 bits per heavy atom. The average molecular weight is 1720 g/mol. The first-order valence-electron chi connectivity index (χ1n) is 33.9. The highest BCUT2D eigenvalue weighted by molar-refractivity contribution is 7.97. The summed E-state index contributed by atoms with van der Waals surface area (Å²) in [5.74, 6) is -86.9. The van der Waals surface area contributed by atoms with E-state index in [1.165, 1.54) is 91.0 Å². The molecule has 0 fully saturated rings. The molecule has 0 spiro atoms. The molecule has 6 aliphatic rings. The molecule has 1 N–H and O–H groups in total. The largest absolute Gasteiger partial charge is 0.354 e. The minimum absolute atomic E-state index is 0.0438. The standard InChI is InChI=1S/C84H27F30N6P/c85-54-48(55(86)67(98)78(109)66(54)97)42-30-16-17-31(115-30)43(49-56(87)68(99)79(110)69(100)57(49)88)33-20-21-35(117-33)45(51-60(91)72(103)81(112)73(104)61(51)92)37-24-25-39(119-37)47(53-64(95)76(107)83(114)77(108)65(53)96)84-41(121(27-10-4-1-5-11-27,28-12-6-2-7-13-28)29-14-8-3-9-15-29)26-40(120-84)46(52-62(93)74(105)82(113)75(106)63(52)94)38-23-22-36(118-38)44(34-19-18-32(42)116-34)50-58(89)70(101)80(111)71(102)59(50)90/h1-26,115H. The number of hydrogen-bond acceptors (Lipinski definition) is 5. The zero-order valence-corrected chi connectivity index (χ0v) is 59.4. The predicted octanol–water partition coefficient (Wildman–Crippen LogP) is 19.8. The van der Waals surface area contributed by atoms with Gasteiger partial charge in [0.05, 0.1) is 90.4 Å². The Kier molecular flexibility index (Phi) is 20.0. The van der Waals surface area contributed by atoms with Crippen molar-refractivity contribution in [3.8, 4) is 0 Å². The molecule has 0 saturated heterocycles. The quantitative estimate of drug-likeness (QED) is 0.0647. The molecule has 12 bridgehead atoms. The van der Waals surface area contributed by atoms with Gasteiger partial charge in [0.2, 0.25) is 34.9 Å². The molecule has 121 heavy (non-hydrogen) atoms. The molecule has 608 valence electrons. The van der Waals surface area contributed by atoms with E-state index in [0.717, 1.165) is 0 Å². The molecule has 0 amide bonds. The van der Waals surface area contributed by atoms with E-state index in [0.29, 0.717) is 66.8 Å². The number of aromatic amines is 1. The molecule has 0 saturated carbocycles. The molecule has 1 aromatic heterocycles. The second kappa shape index (κ2) is 29.9. The highest BCUT2D eigenvalue weighted by atomic mass is 31.2. The molecule has 6 nitrogen and oxygen atoms in total. The number of nitrogens with one attached hydrogen (secondary N) is 1. The second-order valence-electron chi connectivity index (χ2n) is 26.1. The van der Waals surface area contributed by atoms with Crippen LogP contribution in [-0.2, 0) is 0 Å². The molecule has 9 aromatic carbocycles.